The molecule has 0 atom stereocenters. The third kappa shape index (κ3) is 6.45. The fourth-order valence-corrected chi connectivity index (χ4v) is 4.49. The van der Waals surface area contributed by atoms with E-state index < -0.39 is 0 Å². The maximum atomic E-state index is 12.1. The van der Waals surface area contributed by atoms with Crippen LogP contribution < -0.4 is 10.6 Å². The summed E-state index contributed by atoms with van der Waals surface area (Å²) in [5.74, 6) is -0.320. The van der Waals surface area contributed by atoms with Gasteiger partial charge in [-0.3, -0.25) is 0 Å². The number of nitrogens with one attached hydrogen (secondary N) is 2. The molecule has 2 N–H and O–H groups in total. The van der Waals surface area contributed by atoms with Crippen LogP contribution in [0.25, 0.3) is 10.8 Å². The molecule has 0 aromatic heterocycles. The Kier molecular flexibility index (Phi) is 8.74. The van der Waals surface area contributed by atoms with Gasteiger partial charge in [0.05, 0.1) is 12.7 Å². The molecule has 0 aliphatic rings. The van der Waals surface area contributed by atoms with Gasteiger partial charge in [-0.05, 0) is 65.7 Å². The molecule has 0 spiro atoms. The molecule has 0 heterocycles. The second-order valence-electron chi connectivity index (χ2n) is 7.18. The number of esters is 1. The normalized spacial score (nSPS) is 10.6. The lowest BCUT2D eigenvalue weighted by molar-refractivity contribution is 0.0597. The van der Waals surface area contributed by atoms with Crippen LogP contribution in [-0.2, 0) is 11.2 Å². The Morgan fingerprint density at radius 3 is 2.65 bits per heavy atom. The molecule has 0 amide bonds. The van der Waals surface area contributed by atoms with E-state index in [1.165, 1.54) is 23.4 Å². The summed E-state index contributed by atoms with van der Waals surface area (Å²) in [6.07, 6.45) is 3.14. The molecule has 0 unspecified atom stereocenters. The number of carbonyl (C=O) groups excluding carboxylic acids is 1. The molecule has 0 fully saturated rings. The number of thiocarbonyl (C=S) groups is 1. The Bertz CT molecular complexity index is 1050. The van der Waals surface area contributed by atoms with Crippen molar-refractivity contribution in [3.8, 4) is 0 Å². The lowest BCUT2D eigenvalue weighted by atomic mass is 10.0. The Labute approximate surface area is 193 Å². The van der Waals surface area contributed by atoms with Gasteiger partial charge in [0.15, 0.2) is 5.11 Å². The van der Waals surface area contributed by atoms with Crippen LogP contribution in [0.15, 0.2) is 70.5 Å². The number of carbonyl (C=O) groups is 1. The monoisotopic (exact) mass is 452 g/mol. The number of rotatable bonds is 9. The lowest BCUT2D eigenvalue weighted by Crippen LogP contribution is -2.36. The zero-order valence-electron chi connectivity index (χ0n) is 17.9. The summed E-state index contributed by atoms with van der Waals surface area (Å²) >= 11 is 6.93. The van der Waals surface area contributed by atoms with E-state index in [-0.39, 0.29) is 5.97 Å². The Morgan fingerprint density at radius 2 is 1.84 bits per heavy atom. The minimum atomic E-state index is -0.320. The maximum absolute atomic E-state index is 12.1. The highest BCUT2D eigenvalue weighted by Gasteiger charge is 2.12. The van der Waals surface area contributed by atoms with Crippen molar-refractivity contribution in [2.45, 2.75) is 36.0 Å². The fraction of sp³-hybridized carbons (Fsp3) is 0.280. The van der Waals surface area contributed by atoms with Crippen LogP contribution in [0, 0.1) is 0 Å². The SMILES string of the molecule is CCCCNC(=S)NCCc1cccc2ccc(Sc3ccccc3C(=O)OC)cc12. The zero-order valence-corrected chi connectivity index (χ0v) is 19.6. The molecular formula is C25H28N2O2S2. The van der Waals surface area contributed by atoms with Crippen molar-refractivity contribution >= 4 is 45.8 Å². The van der Waals surface area contributed by atoms with Gasteiger partial charge in [0.25, 0.3) is 0 Å². The minimum absolute atomic E-state index is 0.320. The number of benzene rings is 3. The first-order valence-electron chi connectivity index (χ1n) is 10.5. The summed E-state index contributed by atoms with van der Waals surface area (Å²) in [4.78, 5) is 14.1. The van der Waals surface area contributed by atoms with E-state index >= 15 is 0 Å². The average molecular weight is 453 g/mol. The smallest absolute Gasteiger partial charge is 0.339 e. The van der Waals surface area contributed by atoms with Gasteiger partial charge in [0.1, 0.15) is 0 Å². The highest BCUT2D eigenvalue weighted by molar-refractivity contribution is 7.99. The summed E-state index contributed by atoms with van der Waals surface area (Å²) < 4.78 is 4.92. The highest BCUT2D eigenvalue weighted by atomic mass is 32.2. The van der Waals surface area contributed by atoms with E-state index in [2.05, 4.69) is 54.0 Å². The van der Waals surface area contributed by atoms with Crippen molar-refractivity contribution in [3.05, 3.63) is 71.8 Å². The van der Waals surface area contributed by atoms with Crippen molar-refractivity contribution in [3.63, 3.8) is 0 Å². The number of unbranched alkanes of at least 4 members (excludes halogenated alkanes) is 1. The number of hydrogen-bond acceptors (Lipinski definition) is 4. The number of fused-ring (bicyclic) bond motifs is 1. The van der Waals surface area contributed by atoms with Crippen LogP contribution in [0.1, 0.15) is 35.7 Å². The minimum Gasteiger partial charge on any atom is -0.465 e. The van der Waals surface area contributed by atoms with Crippen molar-refractivity contribution in [2.24, 2.45) is 0 Å². The molecule has 0 radical (unpaired) electrons. The molecule has 3 rings (SSSR count). The van der Waals surface area contributed by atoms with Gasteiger partial charge in [0, 0.05) is 22.9 Å². The first kappa shape index (κ1) is 23.1. The summed E-state index contributed by atoms with van der Waals surface area (Å²) in [6.45, 7) is 3.85. The molecule has 0 aliphatic heterocycles. The molecule has 0 bridgehead atoms. The molecule has 3 aromatic rings. The van der Waals surface area contributed by atoms with Gasteiger partial charge in [-0.15, -0.1) is 0 Å². The van der Waals surface area contributed by atoms with Crippen LogP contribution in [-0.4, -0.2) is 31.3 Å². The second-order valence-corrected chi connectivity index (χ2v) is 8.70. The maximum Gasteiger partial charge on any atom is 0.339 e. The van der Waals surface area contributed by atoms with E-state index in [9.17, 15) is 4.79 Å². The average Bonchev–Trinajstić information content (AvgIpc) is 2.79. The van der Waals surface area contributed by atoms with Crippen LogP contribution in [0.3, 0.4) is 0 Å². The van der Waals surface area contributed by atoms with Gasteiger partial charge in [-0.1, -0.05) is 61.5 Å². The highest BCUT2D eigenvalue weighted by Crippen LogP contribution is 2.33. The van der Waals surface area contributed by atoms with Crippen molar-refractivity contribution in [1.29, 1.82) is 0 Å². The van der Waals surface area contributed by atoms with E-state index in [0.717, 1.165) is 42.1 Å². The van der Waals surface area contributed by atoms with Crippen LogP contribution in [0.4, 0.5) is 0 Å². The third-order valence-electron chi connectivity index (χ3n) is 4.96. The summed E-state index contributed by atoms with van der Waals surface area (Å²) in [5, 5.41) is 9.67. The van der Waals surface area contributed by atoms with Crippen LogP contribution in [0.5, 0.6) is 0 Å². The Morgan fingerprint density at radius 1 is 1.03 bits per heavy atom. The van der Waals surface area contributed by atoms with E-state index in [1.807, 2.05) is 18.2 Å². The summed E-state index contributed by atoms with van der Waals surface area (Å²) in [7, 11) is 1.41. The largest absolute Gasteiger partial charge is 0.465 e. The third-order valence-corrected chi connectivity index (χ3v) is 6.31. The van der Waals surface area contributed by atoms with Crippen molar-refractivity contribution < 1.29 is 9.53 Å². The molecule has 0 aliphatic carbocycles. The number of methoxy groups -OCH3 is 1. The molecule has 0 saturated carbocycles. The molecule has 162 valence electrons. The van der Waals surface area contributed by atoms with Crippen LogP contribution in [0.2, 0.25) is 0 Å². The predicted octanol–water partition coefficient (Wildman–Crippen LogP) is 5.58. The van der Waals surface area contributed by atoms with Gasteiger partial charge < -0.3 is 15.4 Å². The lowest BCUT2D eigenvalue weighted by Gasteiger charge is -2.12. The van der Waals surface area contributed by atoms with E-state index in [4.69, 9.17) is 17.0 Å². The first-order valence-corrected chi connectivity index (χ1v) is 11.7. The summed E-state index contributed by atoms with van der Waals surface area (Å²) in [5.41, 5.74) is 1.85. The molecule has 3 aromatic carbocycles. The molecule has 4 nitrogen and oxygen atoms in total. The molecule has 6 heteroatoms. The van der Waals surface area contributed by atoms with E-state index in [1.54, 1.807) is 17.8 Å². The number of ether oxygens (including phenoxy) is 1. The van der Waals surface area contributed by atoms with Gasteiger partial charge in [0.2, 0.25) is 0 Å². The Hall–Kier alpha value is -2.57. The fourth-order valence-electron chi connectivity index (χ4n) is 3.31. The Balaban J connectivity index is 1.74. The number of hydrogen-bond donors (Lipinski definition) is 2. The van der Waals surface area contributed by atoms with Gasteiger partial charge >= 0.3 is 5.97 Å². The van der Waals surface area contributed by atoms with Crippen LogP contribution >= 0.6 is 24.0 Å². The van der Waals surface area contributed by atoms with Crippen molar-refractivity contribution in [1.82, 2.24) is 10.6 Å². The summed E-state index contributed by atoms with van der Waals surface area (Å²) in [6, 6.07) is 20.3. The zero-order chi connectivity index (χ0) is 22.1. The molecular weight excluding hydrogens is 424 g/mol. The molecule has 31 heavy (non-hydrogen) atoms. The van der Waals surface area contributed by atoms with Crippen molar-refractivity contribution in [2.75, 3.05) is 20.2 Å². The molecule has 0 saturated heterocycles. The quantitative estimate of drug-likeness (QED) is 0.251. The van der Waals surface area contributed by atoms with E-state index in [0.29, 0.717) is 10.7 Å². The second kappa shape index (κ2) is 11.7. The standard InChI is InChI=1S/C25H28N2O2S2/c1-3-4-15-26-25(30)27-16-14-19-9-7-8-18-12-13-20(17-22(18)19)31-23-11-6-5-10-21(23)24(28)29-2/h5-13,17H,3-4,14-16H2,1-2H3,(H2,26,27,30). The first-order chi connectivity index (χ1) is 15.1. The topological polar surface area (TPSA) is 50.4 Å². The van der Waals surface area contributed by atoms with Gasteiger partial charge in [-0.2, -0.15) is 0 Å². The predicted molar refractivity (Wildman–Crippen MR) is 133 cm³/mol. The van der Waals surface area contributed by atoms with Gasteiger partial charge in [-0.25, -0.2) is 4.79 Å².